The zero-order chi connectivity index (χ0) is 13.7. The summed E-state index contributed by atoms with van der Waals surface area (Å²) in [6.45, 7) is 2.50. The van der Waals surface area contributed by atoms with Gasteiger partial charge in [0.05, 0.1) is 13.2 Å². The number of nitrogen functional groups attached to an aromatic ring is 1. The first-order valence-corrected chi connectivity index (χ1v) is 5.90. The lowest BCUT2D eigenvalue weighted by Crippen LogP contribution is -2.42. The van der Waals surface area contributed by atoms with Crippen molar-refractivity contribution in [1.29, 1.82) is 0 Å². The fraction of sp³-hybridized carbons (Fsp3) is 0.600. The fourth-order valence-electron chi connectivity index (χ4n) is 1.69. The summed E-state index contributed by atoms with van der Waals surface area (Å²) in [5.41, 5.74) is 5.30. The Balaban J connectivity index is 1.73. The van der Waals surface area contributed by atoms with Crippen molar-refractivity contribution in [3.63, 3.8) is 0 Å². The van der Waals surface area contributed by atoms with Gasteiger partial charge in [-0.3, -0.25) is 9.59 Å². The zero-order valence-corrected chi connectivity index (χ0v) is 10.3. The van der Waals surface area contributed by atoms with Crippen LogP contribution in [0.1, 0.15) is 16.9 Å². The van der Waals surface area contributed by atoms with E-state index in [2.05, 4.69) is 20.3 Å². The minimum atomic E-state index is -0.506. The highest BCUT2D eigenvalue weighted by molar-refractivity contribution is 5.96. The standard InChI is InChI=1S/C10H15N5O4/c11-9-8(13-19-14-9)10(17)12-2-1-7(16)15-3-5-18-6-4-15/h1-6H2,(H2,11,14)(H,12,17). The number of nitrogens with two attached hydrogens (primary N) is 1. The van der Waals surface area contributed by atoms with E-state index in [0.29, 0.717) is 26.3 Å². The van der Waals surface area contributed by atoms with Gasteiger partial charge >= 0.3 is 0 Å². The molecule has 0 aliphatic carbocycles. The van der Waals surface area contributed by atoms with Crippen LogP contribution in [0.25, 0.3) is 0 Å². The summed E-state index contributed by atoms with van der Waals surface area (Å²) in [5.74, 6) is -0.597. The SMILES string of the molecule is Nc1nonc1C(=O)NCCC(=O)N1CCOCC1. The molecule has 2 heterocycles. The highest BCUT2D eigenvalue weighted by atomic mass is 16.6. The number of nitrogens with one attached hydrogen (secondary N) is 1. The number of rotatable bonds is 4. The van der Waals surface area contributed by atoms with E-state index >= 15 is 0 Å². The van der Waals surface area contributed by atoms with E-state index in [0.717, 1.165) is 0 Å². The third-order valence-corrected chi connectivity index (χ3v) is 2.72. The van der Waals surface area contributed by atoms with Crippen molar-refractivity contribution < 1.29 is 19.0 Å². The Hall–Kier alpha value is -2.16. The molecule has 1 aliphatic heterocycles. The maximum atomic E-state index is 11.8. The van der Waals surface area contributed by atoms with Crippen LogP contribution in [-0.4, -0.2) is 59.9 Å². The quantitative estimate of drug-likeness (QED) is 0.691. The van der Waals surface area contributed by atoms with Gasteiger partial charge in [-0.2, -0.15) is 0 Å². The Labute approximate surface area is 109 Å². The van der Waals surface area contributed by atoms with E-state index in [4.69, 9.17) is 10.5 Å². The van der Waals surface area contributed by atoms with Crippen LogP contribution in [0.3, 0.4) is 0 Å². The lowest BCUT2D eigenvalue weighted by Gasteiger charge is -2.26. The van der Waals surface area contributed by atoms with Crippen LogP contribution in [-0.2, 0) is 9.53 Å². The molecule has 1 aromatic heterocycles. The number of carbonyl (C=O) groups is 2. The van der Waals surface area contributed by atoms with Gasteiger partial charge in [-0.25, -0.2) is 4.63 Å². The number of aromatic nitrogens is 2. The zero-order valence-electron chi connectivity index (χ0n) is 10.3. The van der Waals surface area contributed by atoms with Crippen molar-refractivity contribution in [2.75, 3.05) is 38.6 Å². The first-order valence-electron chi connectivity index (χ1n) is 5.90. The lowest BCUT2D eigenvalue weighted by molar-refractivity contribution is -0.135. The molecule has 104 valence electrons. The van der Waals surface area contributed by atoms with Gasteiger partial charge in [0, 0.05) is 26.1 Å². The maximum absolute atomic E-state index is 11.8. The summed E-state index contributed by atoms with van der Waals surface area (Å²) < 4.78 is 9.47. The van der Waals surface area contributed by atoms with Crippen molar-refractivity contribution in [2.45, 2.75) is 6.42 Å². The smallest absolute Gasteiger partial charge is 0.277 e. The number of hydrogen-bond donors (Lipinski definition) is 2. The van der Waals surface area contributed by atoms with Crippen molar-refractivity contribution in [3.8, 4) is 0 Å². The van der Waals surface area contributed by atoms with Crippen molar-refractivity contribution >= 4 is 17.6 Å². The molecule has 9 nitrogen and oxygen atoms in total. The number of morpholine rings is 1. The molecule has 1 aliphatic rings. The Morgan fingerprint density at radius 3 is 2.68 bits per heavy atom. The molecule has 0 bridgehead atoms. The molecule has 19 heavy (non-hydrogen) atoms. The molecule has 0 saturated carbocycles. The van der Waals surface area contributed by atoms with Gasteiger partial charge in [0.2, 0.25) is 17.4 Å². The van der Waals surface area contributed by atoms with Gasteiger partial charge in [-0.05, 0) is 10.3 Å². The highest BCUT2D eigenvalue weighted by Gasteiger charge is 2.18. The largest absolute Gasteiger partial charge is 0.379 e. The molecule has 1 saturated heterocycles. The highest BCUT2D eigenvalue weighted by Crippen LogP contribution is 2.03. The van der Waals surface area contributed by atoms with Crippen LogP contribution in [0.4, 0.5) is 5.82 Å². The summed E-state index contributed by atoms with van der Waals surface area (Å²) in [7, 11) is 0. The molecule has 0 aromatic carbocycles. The van der Waals surface area contributed by atoms with Crippen molar-refractivity contribution in [3.05, 3.63) is 5.69 Å². The molecule has 0 spiro atoms. The molecule has 1 aromatic rings. The molecule has 2 rings (SSSR count). The minimum absolute atomic E-state index is 0.0187. The predicted molar refractivity (Wildman–Crippen MR) is 63.1 cm³/mol. The van der Waals surface area contributed by atoms with E-state index in [-0.39, 0.29) is 30.4 Å². The Bertz CT molecular complexity index is 455. The van der Waals surface area contributed by atoms with Gasteiger partial charge in [0.15, 0.2) is 0 Å². The van der Waals surface area contributed by atoms with Gasteiger partial charge < -0.3 is 20.7 Å². The molecular formula is C10H15N5O4. The number of anilines is 1. The van der Waals surface area contributed by atoms with Crippen LogP contribution in [0.15, 0.2) is 4.63 Å². The lowest BCUT2D eigenvalue weighted by atomic mass is 10.3. The van der Waals surface area contributed by atoms with Crippen LogP contribution in [0, 0.1) is 0 Å². The van der Waals surface area contributed by atoms with Gasteiger partial charge in [0.25, 0.3) is 5.91 Å². The predicted octanol–water partition coefficient (Wildman–Crippen LogP) is -1.37. The van der Waals surface area contributed by atoms with Crippen LogP contribution >= 0.6 is 0 Å². The van der Waals surface area contributed by atoms with Crippen molar-refractivity contribution in [2.24, 2.45) is 0 Å². The second kappa shape index (κ2) is 6.14. The molecule has 3 N–H and O–H groups in total. The molecule has 1 fully saturated rings. The number of hydrogen-bond acceptors (Lipinski definition) is 7. The number of amides is 2. The molecule has 0 unspecified atom stereocenters. The molecule has 0 radical (unpaired) electrons. The van der Waals surface area contributed by atoms with E-state index in [9.17, 15) is 9.59 Å². The van der Waals surface area contributed by atoms with Crippen LogP contribution < -0.4 is 11.1 Å². The van der Waals surface area contributed by atoms with Gasteiger partial charge in [0.1, 0.15) is 0 Å². The van der Waals surface area contributed by atoms with E-state index in [1.807, 2.05) is 0 Å². The first-order chi connectivity index (χ1) is 9.18. The van der Waals surface area contributed by atoms with Crippen LogP contribution in [0.5, 0.6) is 0 Å². The molecule has 0 atom stereocenters. The Morgan fingerprint density at radius 2 is 2.05 bits per heavy atom. The van der Waals surface area contributed by atoms with E-state index in [1.165, 1.54) is 0 Å². The Kier molecular flexibility index (Phi) is 4.29. The van der Waals surface area contributed by atoms with E-state index in [1.54, 1.807) is 4.90 Å². The average Bonchev–Trinajstić information content (AvgIpc) is 2.86. The summed E-state index contributed by atoms with van der Waals surface area (Å²) in [5, 5.41) is 9.20. The third kappa shape index (κ3) is 3.41. The number of ether oxygens (including phenoxy) is 1. The molecular weight excluding hydrogens is 254 g/mol. The third-order valence-electron chi connectivity index (χ3n) is 2.72. The van der Waals surface area contributed by atoms with Crippen molar-refractivity contribution in [1.82, 2.24) is 20.5 Å². The summed E-state index contributed by atoms with van der Waals surface area (Å²) in [4.78, 5) is 25.1. The molecule has 9 heteroatoms. The number of carbonyl (C=O) groups excluding carboxylic acids is 2. The maximum Gasteiger partial charge on any atom is 0.277 e. The Morgan fingerprint density at radius 1 is 1.32 bits per heavy atom. The van der Waals surface area contributed by atoms with Gasteiger partial charge in [-0.15, -0.1) is 0 Å². The second-order valence-corrected chi connectivity index (χ2v) is 4.00. The summed E-state index contributed by atoms with van der Waals surface area (Å²) >= 11 is 0. The van der Waals surface area contributed by atoms with Gasteiger partial charge in [-0.1, -0.05) is 0 Å². The average molecular weight is 269 g/mol. The second-order valence-electron chi connectivity index (χ2n) is 4.00. The topological polar surface area (TPSA) is 124 Å². The molecule has 2 amide bonds. The summed E-state index contributed by atoms with van der Waals surface area (Å²) in [6.07, 6.45) is 0.219. The summed E-state index contributed by atoms with van der Waals surface area (Å²) in [6, 6.07) is 0. The van der Waals surface area contributed by atoms with E-state index < -0.39 is 5.91 Å². The monoisotopic (exact) mass is 269 g/mol. The first kappa shape index (κ1) is 13.3. The van der Waals surface area contributed by atoms with Crippen LogP contribution in [0.2, 0.25) is 0 Å². The minimum Gasteiger partial charge on any atom is -0.379 e. The number of nitrogens with zero attached hydrogens (tertiary/aromatic N) is 3. The normalized spacial score (nSPS) is 15.3. The fourth-order valence-corrected chi connectivity index (χ4v) is 1.69.